The minimum Gasteiger partial charge on any atom is -0.493 e. The smallest absolute Gasteiger partial charge is 0.119 e. The van der Waals surface area contributed by atoms with Gasteiger partial charge in [0.1, 0.15) is 5.75 Å². The average Bonchev–Trinajstić information content (AvgIpc) is 2.36. The third-order valence-electron chi connectivity index (χ3n) is 2.15. The van der Waals surface area contributed by atoms with Crippen molar-refractivity contribution >= 4 is 11.8 Å². The second kappa shape index (κ2) is 8.91. The van der Waals surface area contributed by atoms with Crippen molar-refractivity contribution in [3.8, 4) is 11.8 Å². The zero-order valence-electron chi connectivity index (χ0n) is 9.76. The van der Waals surface area contributed by atoms with Crippen LogP contribution in [0.4, 0.5) is 0 Å². The van der Waals surface area contributed by atoms with Gasteiger partial charge in [0, 0.05) is 12.4 Å². The van der Waals surface area contributed by atoms with Crippen LogP contribution in [0.3, 0.4) is 0 Å². The molecule has 0 saturated heterocycles. The van der Waals surface area contributed by atoms with Crippen LogP contribution in [-0.2, 0) is 6.42 Å². The molecule has 0 aliphatic carbocycles. The van der Waals surface area contributed by atoms with E-state index in [-0.39, 0.29) is 6.61 Å². The number of thioether (sulfide) groups is 1. The van der Waals surface area contributed by atoms with Gasteiger partial charge < -0.3 is 9.84 Å². The second-order valence-corrected chi connectivity index (χ2v) is 4.74. The molecule has 0 aliphatic heterocycles. The third-order valence-corrected chi connectivity index (χ3v) is 3.18. The van der Waals surface area contributed by atoms with E-state index < -0.39 is 0 Å². The fourth-order valence-electron chi connectivity index (χ4n) is 1.28. The van der Waals surface area contributed by atoms with Crippen LogP contribution in [0, 0.1) is 11.3 Å². The Hall–Kier alpha value is -1.18. The number of hydrogen-bond donors (Lipinski definition) is 1. The number of ether oxygens (including phenoxy) is 1. The summed E-state index contributed by atoms with van der Waals surface area (Å²) < 4.78 is 5.55. The summed E-state index contributed by atoms with van der Waals surface area (Å²) in [7, 11) is 0. The number of nitriles is 1. The first-order valence-corrected chi connectivity index (χ1v) is 6.79. The maximum absolute atomic E-state index is 8.60. The molecule has 0 saturated carbocycles. The van der Waals surface area contributed by atoms with Crippen molar-refractivity contribution in [3.05, 3.63) is 29.8 Å². The van der Waals surface area contributed by atoms with Crippen LogP contribution < -0.4 is 4.74 Å². The first-order valence-electron chi connectivity index (χ1n) is 5.64. The lowest BCUT2D eigenvalue weighted by Gasteiger charge is -2.06. The van der Waals surface area contributed by atoms with E-state index in [2.05, 4.69) is 6.07 Å². The zero-order valence-corrected chi connectivity index (χ0v) is 10.6. The Kier molecular flexibility index (Phi) is 7.28. The average molecular weight is 251 g/mol. The van der Waals surface area contributed by atoms with Crippen molar-refractivity contribution in [2.45, 2.75) is 12.8 Å². The molecule has 0 aliphatic rings. The first kappa shape index (κ1) is 13.9. The first-order chi connectivity index (χ1) is 8.36. The van der Waals surface area contributed by atoms with Crippen molar-refractivity contribution in [3.63, 3.8) is 0 Å². The topological polar surface area (TPSA) is 53.2 Å². The van der Waals surface area contributed by atoms with E-state index in [9.17, 15) is 0 Å². The van der Waals surface area contributed by atoms with Gasteiger partial charge in [0.2, 0.25) is 0 Å². The van der Waals surface area contributed by atoms with Gasteiger partial charge in [-0.1, -0.05) is 12.1 Å². The molecule has 0 aromatic heterocycles. The number of nitrogens with zero attached hydrogens (tertiary/aromatic N) is 1. The molecule has 0 radical (unpaired) electrons. The molecule has 4 heteroatoms. The predicted octanol–water partition coefficient (Wildman–Crippen LogP) is 2.25. The van der Waals surface area contributed by atoms with E-state index in [0.717, 1.165) is 29.2 Å². The number of aliphatic hydroxyl groups is 1. The summed E-state index contributed by atoms with van der Waals surface area (Å²) in [5.41, 5.74) is 1.01. The van der Waals surface area contributed by atoms with Gasteiger partial charge in [-0.15, -0.1) is 0 Å². The molecule has 0 amide bonds. The monoisotopic (exact) mass is 251 g/mol. The highest BCUT2D eigenvalue weighted by Gasteiger charge is 1.95. The summed E-state index contributed by atoms with van der Waals surface area (Å²) in [6.45, 7) is 0.932. The molecule has 1 rings (SSSR count). The van der Waals surface area contributed by atoms with Gasteiger partial charge >= 0.3 is 0 Å². The van der Waals surface area contributed by atoms with Gasteiger partial charge in [-0.2, -0.15) is 17.0 Å². The van der Waals surface area contributed by atoms with Crippen molar-refractivity contribution in [1.82, 2.24) is 0 Å². The molecule has 1 aromatic rings. The van der Waals surface area contributed by atoms with Crippen molar-refractivity contribution in [2.24, 2.45) is 0 Å². The van der Waals surface area contributed by atoms with E-state index in [1.165, 1.54) is 0 Å². The standard InChI is InChI=1S/C13H17NO2S/c14-7-6-12-2-4-13(5-3-12)16-9-11-17-10-1-8-15/h2-5,15H,1,6,8-11H2. The Labute approximate surface area is 106 Å². The number of aliphatic hydroxyl groups excluding tert-OH is 1. The van der Waals surface area contributed by atoms with E-state index in [4.69, 9.17) is 15.1 Å². The second-order valence-electron chi connectivity index (χ2n) is 3.52. The quantitative estimate of drug-likeness (QED) is 0.720. The van der Waals surface area contributed by atoms with Crippen LogP contribution in [0.2, 0.25) is 0 Å². The largest absolute Gasteiger partial charge is 0.493 e. The fraction of sp³-hybridized carbons (Fsp3) is 0.462. The van der Waals surface area contributed by atoms with Gasteiger partial charge in [0.15, 0.2) is 0 Å². The Morgan fingerprint density at radius 3 is 2.65 bits per heavy atom. The van der Waals surface area contributed by atoms with E-state index in [1.54, 1.807) is 11.8 Å². The maximum atomic E-state index is 8.60. The predicted molar refractivity (Wildman–Crippen MR) is 70.3 cm³/mol. The van der Waals surface area contributed by atoms with Gasteiger partial charge in [0.25, 0.3) is 0 Å². The summed E-state index contributed by atoms with van der Waals surface area (Å²) in [5, 5.41) is 17.1. The number of benzene rings is 1. The van der Waals surface area contributed by atoms with Gasteiger partial charge in [0.05, 0.1) is 19.1 Å². The lowest BCUT2D eigenvalue weighted by Crippen LogP contribution is -2.01. The number of rotatable bonds is 8. The lowest BCUT2D eigenvalue weighted by atomic mass is 10.2. The van der Waals surface area contributed by atoms with E-state index in [1.807, 2.05) is 24.3 Å². The van der Waals surface area contributed by atoms with Crippen LogP contribution in [0.15, 0.2) is 24.3 Å². The molecule has 1 aromatic carbocycles. The summed E-state index contributed by atoms with van der Waals surface area (Å²) in [5.74, 6) is 2.75. The molecule has 92 valence electrons. The molecule has 0 bridgehead atoms. The third kappa shape index (κ3) is 6.20. The molecule has 0 heterocycles. The molecule has 0 fully saturated rings. The normalized spacial score (nSPS) is 9.88. The molecule has 3 nitrogen and oxygen atoms in total. The molecule has 17 heavy (non-hydrogen) atoms. The highest BCUT2D eigenvalue weighted by molar-refractivity contribution is 7.99. The van der Waals surface area contributed by atoms with Crippen LogP contribution in [0.5, 0.6) is 5.75 Å². The Balaban J connectivity index is 2.17. The Morgan fingerprint density at radius 2 is 2.00 bits per heavy atom. The summed E-state index contributed by atoms with van der Waals surface area (Å²) in [6.07, 6.45) is 1.28. The molecule has 0 unspecified atom stereocenters. The number of hydrogen-bond acceptors (Lipinski definition) is 4. The molecular weight excluding hydrogens is 234 g/mol. The van der Waals surface area contributed by atoms with E-state index >= 15 is 0 Å². The Bertz CT molecular complexity index is 345. The van der Waals surface area contributed by atoms with Crippen molar-refractivity contribution in [1.29, 1.82) is 5.26 Å². The highest BCUT2D eigenvalue weighted by Crippen LogP contribution is 2.13. The fourth-order valence-corrected chi connectivity index (χ4v) is 2.02. The minimum absolute atomic E-state index is 0.258. The lowest BCUT2D eigenvalue weighted by molar-refractivity contribution is 0.296. The summed E-state index contributed by atoms with van der Waals surface area (Å²) in [4.78, 5) is 0. The molecule has 0 spiro atoms. The van der Waals surface area contributed by atoms with Gasteiger partial charge in [-0.3, -0.25) is 0 Å². The highest BCUT2D eigenvalue weighted by atomic mass is 32.2. The molecule has 1 N–H and O–H groups in total. The summed E-state index contributed by atoms with van der Waals surface area (Å²) in [6, 6.07) is 9.73. The van der Waals surface area contributed by atoms with Crippen LogP contribution in [0.1, 0.15) is 12.0 Å². The van der Waals surface area contributed by atoms with Crippen LogP contribution in [0.25, 0.3) is 0 Å². The summed E-state index contributed by atoms with van der Waals surface area (Å²) >= 11 is 1.78. The van der Waals surface area contributed by atoms with Crippen LogP contribution in [-0.4, -0.2) is 29.8 Å². The SMILES string of the molecule is N#CCc1ccc(OCCSCCCO)cc1. The van der Waals surface area contributed by atoms with Crippen molar-refractivity contribution < 1.29 is 9.84 Å². The van der Waals surface area contributed by atoms with Gasteiger partial charge in [-0.05, 0) is 29.9 Å². The van der Waals surface area contributed by atoms with E-state index in [0.29, 0.717) is 13.0 Å². The van der Waals surface area contributed by atoms with Gasteiger partial charge in [-0.25, -0.2) is 0 Å². The maximum Gasteiger partial charge on any atom is 0.119 e. The molecular formula is C13H17NO2S. The van der Waals surface area contributed by atoms with Crippen LogP contribution >= 0.6 is 11.8 Å². The minimum atomic E-state index is 0.258. The van der Waals surface area contributed by atoms with Crippen molar-refractivity contribution in [2.75, 3.05) is 24.7 Å². The Morgan fingerprint density at radius 1 is 1.24 bits per heavy atom. The molecule has 0 atom stereocenters. The zero-order chi connectivity index (χ0) is 12.3.